The third-order valence-corrected chi connectivity index (χ3v) is 5.23. The van der Waals surface area contributed by atoms with E-state index in [1.54, 1.807) is 7.11 Å². The summed E-state index contributed by atoms with van der Waals surface area (Å²) in [5.41, 5.74) is 0.967. The van der Waals surface area contributed by atoms with Gasteiger partial charge < -0.3 is 19.4 Å². The summed E-state index contributed by atoms with van der Waals surface area (Å²) in [5, 5.41) is 12.2. The van der Waals surface area contributed by atoms with Crippen molar-refractivity contribution in [1.29, 1.82) is 0 Å². The summed E-state index contributed by atoms with van der Waals surface area (Å²) in [6, 6.07) is 7.71. The molecule has 0 unspecified atom stereocenters. The maximum Gasteiger partial charge on any atom is 0.230 e. The molecule has 1 aliphatic heterocycles. The minimum Gasteiger partial charge on any atom is -0.497 e. The molecular formula is C18H24N4O3S. The highest BCUT2D eigenvalue weighted by molar-refractivity contribution is 7.99. The Morgan fingerprint density at radius 2 is 2.19 bits per heavy atom. The number of aromatic nitrogens is 3. The molecule has 2 heterocycles. The third kappa shape index (κ3) is 4.56. The summed E-state index contributed by atoms with van der Waals surface area (Å²) in [5.74, 6) is 1.89. The van der Waals surface area contributed by atoms with Crippen molar-refractivity contribution in [2.45, 2.75) is 37.6 Å². The number of thioether (sulfide) groups is 1. The standard InChI is InChI=1S/C18H24N4O3S/c1-3-22-17(13-6-8-14(24-2)9-7-13)20-21-18(22)26-12-16(23)19-11-15-5-4-10-25-15/h6-9,15H,3-5,10-12H2,1-2H3,(H,19,23)/t15-/m1/s1. The molecule has 0 aliphatic carbocycles. The van der Waals surface area contributed by atoms with Crippen molar-refractivity contribution in [3.8, 4) is 17.1 Å². The van der Waals surface area contributed by atoms with Crippen LogP contribution in [0.2, 0.25) is 0 Å². The van der Waals surface area contributed by atoms with Crippen molar-refractivity contribution >= 4 is 17.7 Å². The van der Waals surface area contributed by atoms with Crippen LogP contribution in [0.1, 0.15) is 19.8 Å². The summed E-state index contributed by atoms with van der Waals surface area (Å²) in [6.07, 6.45) is 2.25. The van der Waals surface area contributed by atoms with E-state index in [0.29, 0.717) is 12.3 Å². The number of nitrogens with one attached hydrogen (secondary N) is 1. The number of hydrogen-bond acceptors (Lipinski definition) is 6. The molecule has 0 radical (unpaired) electrons. The van der Waals surface area contributed by atoms with E-state index in [-0.39, 0.29) is 12.0 Å². The van der Waals surface area contributed by atoms with Crippen LogP contribution in [0.15, 0.2) is 29.4 Å². The van der Waals surface area contributed by atoms with Gasteiger partial charge in [-0.05, 0) is 44.0 Å². The zero-order chi connectivity index (χ0) is 18.4. The molecule has 1 amide bonds. The van der Waals surface area contributed by atoms with Crippen molar-refractivity contribution in [2.75, 3.05) is 26.0 Å². The third-order valence-electron chi connectivity index (χ3n) is 4.26. The molecule has 140 valence electrons. The molecule has 8 heteroatoms. The molecule has 1 atom stereocenters. The molecule has 7 nitrogen and oxygen atoms in total. The van der Waals surface area contributed by atoms with Crippen molar-refractivity contribution in [3.63, 3.8) is 0 Å². The highest BCUT2D eigenvalue weighted by Crippen LogP contribution is 2.25. The highest BCUT2D eigenvalue weighted by Gasteiger charge is 2.17. The van der Waals surface area contributed by atoms with Crippen LogP contribution in [0.3, 0.4) is 0 Å². The molecule has 0 bridgehead atoms. The first-order chi connectivity index (χ1) is 12.7. The van der Waals surface area contributed by atoms with Crippen molar-refractivity contribution in [1.82, 2.24) is 20.1 Å². The lowest BCUT2D eigenvalue weighted by atomic mass is 10.2. The lowest BCUT2D eigenvalue weighted by Gasteiger charge is -2.11. The second-order valence-electron chi connectivity index (χ2n) is 6.01. The molecule has 0 spiro atoms. The fourth-order valence-corrected chi connectivity index (χ4v) is 3.68. The number of amides is 1. The largest absolute Gasteiger partial charge is 0.497 e. The quantitative estimate of drug-likeness (QED) is 0.713. The predicted molar refractivity (Wildman–Crippen MR) is 100 cm³/mol. The number of nitrogens with zero attached hydrogens (tertiary/aromatic N) is 3. The van der Waals surface area contributed by atoms with Gasteiger partial charge in [-0.1, -0.05) is 11.8 Å². The number of rotatable bonds is 8. The Bertz CT molecular complexity index is 727. The molecule has 1 N–H and O–H groups in total. The van der Waals surface area contributed by atoms with Gasteiger partial charge in [0.2, 0.25) is 5.91 Å². The van der Waals surface area contributed by atoms with E-state index in [9.17, 15) is 4.79 Å². The van der Waals surface area contributed by atoms with Gasteiger partial charge in [0, 0.05) is 25.3 Å². The van der Waals surface area contributed by atoms with Crippen LogP contribution in [0, 0.1) is 0 Å². The lowest BCUT2D eigenvalue weighted by Crippen LogP contribution is -2.32. The zero-order valence-corrected chi connectivity index (χ0v) is 15.9. The van der Waals surface area contributed by atoms with Gasteiger partial charge in [-0.25, -0.2) is 0 Å². The number of hydrogen-bond donors (Lipinski definition) is 1. The second kappa shape index (κ2) is 9.05. The predicted octanol–water partition coefficient (Wildman–Crippen LogP) is 2.36. The topological polar surface area (TPSA) is 78.3 Å². The Balaban J connectivity index is 1.59. The van der Waals surface area contributed by atoms with Gasteiger partial charge in [-0.15, -0.1) is 10.2 Å². The number of ether oxygens (including phenoxy) is 2. The molecule has 26 heavy (non-hydrogen) atoms. The van der Waals surface area contributed by atoms with E-state index in [2.05, 4.69) is 15.5 Å². The molecule has 1 fully saturated rings. The summed E-state index contributed by atoms with van der Waals surface area (Å²) >= 11 is 1.40. The minimum atomic E-state index is -0.0119. The monoisotopic (exact) mass is 376 g/mol. The van der Waals surface area contributed by atoms with Crippen LogP contribution in [0.4, 0.5) is 0 Å². The molecular weight excluding hydrogens is 352 g/mol. The van der Waals surface area contributed by atoms with Crippen LogP contribution in [-0.2, 0) is 16.1 Å². The molecule has 0 saturated carbocycles. The van der Waals surface area contributed by atoms with E-state index in [1.807, 2.05) is 35.8 Å². The molecule has 1 saturated heterocycles. The van der Waals surface area contributed by atoms with Crippen LogP contribution >= 0.6 is 11.8 Å². The Morgan fingerprint density at radius 3 is 2.85 bits per heavy atom. The van der Waals surface area contributed by atoms with Crippen molar-refractivity contribution < 1.29 is 14.3 Å². The number of carbonyl (C=O) groups excluding carboxylic acids is 1. The van der Waals surface area contributed by atoms with Gasteiger partial charge >= 0.3 is 0 Å². The number of carbonyl (C=O) groups is 1. The smallest absolute Gasteiger partial charge is 0.230 e. The maximum atomic E-state index is 12.1. The van der Waals surface area contributed by atoms with Crippen molar-refractivity contribution in [2.24, 2.45) is 0 Å². The first-order valence-corrected chi connectivity index (χ1v) is 9.78. The van der Waals surface area contributed by atoms with E-state index in [4.69, 9.17) is 9.47 Å². The second-order valence-corrected chi connectivity index (χ2v) is 6.95. The van der Waals surface area contributed by atoms with Gasteiger partial charge in [0.15, 0.2) is 11.0 Å². The van der Waals surface area contributed by atoms with Gasteiger partial charge in [0.25, 0.3) is 0 Å². The van der Waals surface area contributed by atoms with Gasteiger partial charge in [0.05, 0.1) is 19.0 Å². The van der Waals surface area contributed by atoms with Gasteiger partial charge in [0.1, 0.15) is 5.75 Å². The van der Waals surface area contributed by atoms with Gasteiger partial charge in [-0.2, -0.15) is 0 Å². The zero-order valence-electron chi connectivity index (χ0n) is 15.1. The Labute approximate surface area is 157 Å². The lowest BCUT2D eigenvalue weighted by molar-refractivity contribution is -0.119. The van der Waals surface area contributed by atoms with Crippen LogP contribution in [-0.4, -0.2) is 52.8 Å². The maximum absolute atomic E-state index is 12.1. The SMILES string of the molecule is CCn1c(SCC(=O)NC[C@H]2CCCO2)nnc1-c1ccc(OC)cc1. The van der Waals surface area contributed by atoms with E-state index in [1.165, 1.54) is 11.8 Å². The fourth-order valence-electron chi connectivity index (χ4n) is 2.85. The summed E-state index contributed by atoms with van der Waals surface area (Å²) in [6.45, 7) is 4.15. The molecule has 3 rings (SSSR count). The molecule has 1 aliphatic rings. The number of benzene rings is 1. The Hall–Kier alpha value is -2.06. The summed E-state index contributed by atoms with van der Waals surface area (Å²) < 4.78 is 12.7. The van der Waals surface area contributed by atoms with Gasteiger partial charge in [-0.3, -0.25) is 4.79 Å². The Morgan fingerprint density at radius 1 is 1.38 bits per heavy atom. The van der Waals surface area contributed by atoms with Crippen LogP contribution < -0.4 is 10.1 Å². The normalized spacial score (nSPS) is 16.6. The highest BCUT2D eigenvalue weighted by atomic mass is 32.2. The van der Waals surface area contributed by atoms with E-state index in [0.717, 1.165) is 48.3 Å². The Kier molecular flexibility index (Phi) is 6.51. The van der Waals surface area contributed by atoms with Crippen molar-refractivity contribution in [3.05, 3.63) is 24.3 Å². The first-order valence-electron chi connectivity index (χ1n) is 8.80. The molecule has 1 aromatic heterocycles. The molecule has 2 aromatic rings. The van der Waals surface area contributed by atoms with Crippen LogP contribution in [0.5, 0.6) is 5.75 Å². The molecule has 1 aromatic carbocycles. The summed E-state index contributed by atoms with van der Waals surface area (Å²) in [7, 11) is 1.64. The van der Waals surface area contributed by atoms with Crippen LogP contribution in [0.25, 0.3) is 11.4 Å². The average Bonchev–Trinajstić information content (AvgIpc) is 3.34. The number of methoxy groups -OCH3 is 1. The van der Waals surface area contributed by atoms with E-state index >= 15 is 0 Å². The first kappa shape index (κ1) is 18.7. The summed E-state index contributed by atoms with van der Waals surface area (Å²) in [4.78, 5) is 12.1. The minimum absolute atomic E-state index is 0.0119. The van der Waals surface area contributed by atoms with E-state index < -0.39 is 0 Å². The fraction of sp³-hybridized carbons (Fsp3) is 0.500. The average molecular weight is 376 g/mol.